The lowest BCUT2D eigenvalue weighted by Crippen LogP contribution is -1.87. The number of rotatable bonds is 4. The van der Waals surface area contributed by atoms with Gasteiger partial charge in [0.1, 0.15) is 5.82 Å². The van der Waals surface area contributed by atoms with E-state index >= 15 is 0 Å². The van der Waals surface area contributed by atoms with Crippen molar-refractivity contribution in [2.45, 2.75) is 10.6 Å². The van der Waals surface area contributed by atoms with E-state index in [0.29, 0.717) is 5.75 Å². The Kier molecular flexibility index (Phi) is 4.09. The van der Waals surface area contributed by atoms with Crippen LogP contribution in [0.25, 0.3) is 22.2 Å². The molecule has 1 nitrogen and oxygen atoms in total. The number of benzene rings is 3. The molecule has 0 bridgehead atoms. The fourth-order valence-electron chi connectivity index (χ4n) is 2.84. The number of halogens is 1. The Bertz CT molecular complexity index is 975. The molecular weight excluding hydrogens is 317 g/mol. The minimum atomic E-state index is -0.147. The molecule has 0 aliphatic carbocycles. The van der Waals surface area contributed by atoms with Gasteiger partial charge in [-0.1, -0.05) is 66.7 Å². The second-order valence-electron chi connectivity index (χ2n) is 5.62. The van der Waals surface area contributed by atoms with Crippen LogP contribution in [0.3, 0.4) is 0 Å². The second-order valence-corrected chi connectivity index (χ2v) is 6.61. The van der Waals surface area contributed by atoms with Crippen LogP contribution in [0.2, 0.25) is 0 Å². The van der Waals surface area contributed by atoms with Crippen molar-refractivity contribution in [1.29, 1.82) is 0 Å². The van der Waals surface area contributed by atoms with Gasteiger partial charge in [0.25, 0.3) is 0 Å². The molecule has 0 atom stereocenters. The molecule has 24 heavy (non-hydrogen) atoms. The van der Waals surface area contributed by atoms with Gasteiger partial charge in [-0.2, -0.15) is 0 Å². The van der Waals surface area contributed by atoms with Crippen LogP contribution in [0.15, 0.2) is 83.8 Å². The molecule has 0 unspecified atom stereocenters. The van der Waals surface area contributed by atoms with Crippen LogP contribution in [0.4, 0.5) is 4.39 Å². The van der Waals surface area contributed by atoms with Gasteiger partial charge in [0.15, 0.2) is 0 Å². The Morgan fingerprint density at radius 1 is 0.792 bits per heavy atom. The molecule has 0 aliphatic heterocycles. The third-order valence-electron chi connectivity index (χ3n) is 4.05. The molecule has 1 heterocycles. The standard InChI is InChI=1S/C21H16FNS/c22-18-12-6-4-10-16(18)14-24-21-17-11-5-7-13-19(17)23-20(21)15-8-2-1-3-9-15/h1-13,23H,14H2. The first-order valence-corrected chi connectivity index (χ1v) is 8.84. The van der Waals surface area contributed by atoms with Gasteiger partial charge in [0, 0.05) is 21.6 Å². The van der Waals surface area contributed by atoms with E-state index in [1.54, 1.807) is 17.8 Å². The molecule has 0 radical (unpaired) electrons. The number of aromatic amines is 1. The smallest absolute Gasteiger partial charge is 0.127 e. The quantitative estimate of drug-likeness (QED) is 0.435. The maximum absolute atomic E-state index is 13.9. The van der Waals surface area contributed by atoms with Crippen LogP contribution >= 0.6 is 11.8 Å². The summed E-state index contributed by atoms with van der Waals surface area (Å²) in [6, 6.07) is 25.5. The van der Waals surface area contributed by atoms with Crippen LogP contribution in [0, 0.1) is 5.82 Å². The van der Waals surface area contributed by atoms with Crippen molar-refractivity contribution in [3.8, 4) is 11.3 Å². The summed E-state index contributed by atoms with van der Waals surface area (Å²) in [4.78, 5) is 4.68. The van der Waals surface area contributed by atoms with Crippen molar-refractivity contribution in [2.24, 2.45) is 0 Å². The Balaban J connectivity index is 1.77. The van der Waals surface area contributed by atoms with Crippen molar-refractivity contribution in [2.75, 3.05) is 0 Å². The summed E-state index contributed by atoms with van der Waals surface area (Å²) < 4.78 is 13.9. The van der Waals surface area contributed by atoms with Crippen LogP contribution < -0.4 is 0 Å². The van der Waals surface area contributed by atoms with E-state index in [1.807, 2.05) is 42.5 Å². The van der Waals surface area contributed by atoms with Crippen LogP contribution in [0.1, 0.15) is 5.56 Å². The molecule has 0 fully saturated rings. The Morgan fingerprint density at radius 2 is 1.50 bits per heavy atom. The van der Waals surface area contributed by atoms with E-state index in [4.69, 9.17) is 0 Å². The Labute approximate surface area is 144 Å². The summed E-state index contributed by atoms with van der Waals surface area (Å²) in [6.45, 7) is 0. The predicted molar refractivity (Wildman–Crippen MR) is 99.7 cm³/mol. The maximum Gasteiger partial charge on any atom is 0.127 e. The summed E-state index contributed by atoms with van der Waals surface area (Å²) in [5, 5.41) is 1.18. The highest BCUT2D eigenvalue weighted by atomic mass is 32.2. The number of aromatic nitrogens is 1. The number of nitrogens with one attached hydrogen (secondary N) is 1. The molecule has 3 heteroatoms. The van der Waals surface area contributed by atoms with Crippen LogP contribution in [0.5, 0.6) is 0 Å². The van der Waals surface area contributed by atoms with Gasteiger partial charge in [0.05, 0.1) is 5.69 Å². The van der Waals surface area contributed by atoms with Crippen molar-refractivity contribution >= 4 is 22.7 Å². The molecule has 0 saturated carbocycles. The highest BCUT2D eigenvalue weighted by Gasteiger charge is 2.14. The van der Waals surface area contributed by atoms with Gasteiger partial charge in [-0.15, -0.1) is 11.8 Å². The average molecular weight is 333 g/mol. The van der Waals surface area contributed by atoms with Gasteiger partial charge in [0.2, 0.25) is 0 Å². The molecule has 1 aromatic heterocycles. The Hall–Kier alpha value is -2.52. The average Bonchev–Trinajstić information content (AvgIpc) is 3.00. The lowest BCUT2D eigenvalue weighted by molar-refractivity contribution is 0.617. The van der Waals surface area contributed by atoms with E-state index < -0.39 is 0 Å². The minimum Gasteiger partial charge on any atom is -0.354 e. The van der Waals surface area contributed by atoms with E-state index in [-0.39, 0.29) is 5.82 Å². The van der Waals surface area contributed by atoms with E-state index in [1.165, 1.54) is 16.3 Å². The fourth-order valence-corrected chi connectivity index (χ4v) is 4.02. The summed E-state index contributed by atoms with van der Waals surface area (Å²) in [5.74, 6) is 0.458. The Morgan fingerprint density at radius 3 is 2.33 bits per heavy atom. The molecule has 0 aliphatic rings. The number of para-hydroxylation sites is 1. The number of hydrogen-bond donors (Lipinski definition) is 1. The first-order valence-electron chi connectivity index (χ1n) is 7.85. The lowest BCUT2D eigenvalue weighted by atomic mass is 10.1. The van der Waals surface area contributed by atoms with Crippen LogP contribution in [-0.4, -0.2) is 4.98 Å². The summed E-state index contributed by atoms with van der Waals surface area (Å²) in [5.41, 5.74) is 4.07. The van der Waals surface area contributed by atoms with Gasteiger partial charge in [-0.25, -0.2) is 4.39 Å². The van der Waals surface area contributed by atoms with Gasteiger partial charge in [-0.3, -0.25) is 0 Å². The second kappa shape index (κ2) is 6.54. The summed E-state index contributed by atoms with van der Waals surface area (Å²) in [7, 11) is 0. The number of H-pyrrole nitrogens is 1. The van der Waals surface area contributed by atoms with Crippen molar-refractivity contribution in [3.05, 3.63) is 90.2 Å². The topological polar surface area (TPSA) is 15.8 Å². The largest absolute Gasteiger partial charge is 0.354 e. The molecule has 3 aromatic carbocycles. The number of hydrogen-bond acceptors (Lipinski definition) is 1. The molecule has 4 aromatic rings. The first kappa shape index (κ1) is 15.0. The lowest BCUT2D eigenvalue weighted by Gasteiger charge is -2.06. The molecule has 0 amide bonds. The molecule has 0 spiro atoms. The SMILES string of the molecule is Fc1ccccc1CSc1c(-c2ccccc2)[nH]c2ccccc12. The zero-order valence-corrected chi connectivity index (χ0v) is 13.8. The third kappa shape index (κ3) is 2.83. The fraction of sp³-hybridized carbons (Fsp3) is 0.0476. The first-order chi connectivity index (χ1) is 11.8. The monoisotopic (exact) mass is 333 g/mol. The number of fused-ring (bicyclic) bond motifs is 1. The van der Waals surface area contributed by atoms with E-state index in [9.17, 15) is 4.39 Å². The van der Waals surface area contributed by atoms with E-state index in [2.05, 4.69) is 29.2 Å². The van der Waals surface area contributed by atoms with Crippen molar-refractivity contribution in [3.63, 3.8) is 0 Å². The van der Waals surface area contributed by atoms with Crippen molar-refractivity contribution in [1.82, 2.24) is 4.98 Å². The maximum atomic E-state index is 13.9. The van der Waals surface area contributed by atoms with E-state index in [0.717, 1.165) is 22.3 Å². The molecule has 0 saturated heterocycles. The zero-order chi connectivity index (χ0) is 16.4. The highest BCUT2D eigenvalue weighted by Crippen LogP contribution is 2.39. The predicted octanol–water partition coefficient (Wildman–Crippen LogP) is 6.27. The summed E-state index contributed by atoms with van der Waals surface area (Å²) in [6.07, 6.45) is 0. The summed E-state index contributed by atoms with van der Waals surface area (Å²) >= 11 is 1.67. The molecular formula is C21H16FNS. The normalized spacial score (nSPS) is 11.0. The number of thioether (sulfide) groups is 1. The third-order valence-corrected chi connectivity index (χ3v) is 5.22. The van der Waals surface area contributed by atoms with Gasteiger partial charge in [-0.05, 0) is 23.3 Å². The molecule has 118 valence electrons. The zero-order valence-electron chi connectivity index (χ0n) is 13.0. The minimum absolute atomic E-state index is 0.147. The molecule has 1 N–H and O–H groups in total. The van der Waals surface area contributed by atoms with Crippen LogP contribution in [-0.2, 0) is 5.75 Å². The van der Waals surface area contributed by atoms with Gasteiger partial charge < -0.3 is 4.98 Å². The highest BCUT2D eigenvalue weighted by molar-refractivity contribution is 7.98. The van der Waals surface area contributed by atoms with Crippen molar-refractivity contribution < 1.29 is 4.39 Å². The van der Waals surface area contributed by atoms with Gasteiger partial charge >= 0.3 is 0 Å². The molecule has 4 rings (SSSR count).